The van der Waals surface area contributed by atoms with Gasteiger partial charge < -0.3 is 5.11 Å². The van der Waals surface area contributed by atoms with Crippen LogP contribution in [0.15, 0.2) is 53.6 Å². The van der Waals surface area contributed by atoms with E-state index in [1.54, 1.807) is 30.3 Å². The Balaban J connectivity index is 1.77. The summed E-state index contributed by atoms with van der Waals surface area (Å²) in [7, 11) is 0. The maximum absolute atomic E-state index is 12.0. The summed E-state index contributed by atoms with van der Waals surface area (Å²) in [6.45, 7) is 0. The van der Waals surface area contributed by atoms with E-state index in [1.165, 1.54) is 6.21 Å². The van der Waals surface area contributed by atoms with Crippen molar-refractivity contribution in [3.05, 3.63) is 59.8 Å². The van der Waals surface area contributed by atoms with Gasteiger partial charge in [0.2, 0.25) is 0 Å². The van der Waals surface area contributed by atoms with Crippen LogP contribution < -0.4 is 5.43 Å². The molecule has 104 valence electrons. The van der Waals surface area contributed by atoms with Crippen LogP contribution in [0.1, 0.15) is 16.1 Å². The number of H-pyrrole nitrogens is 1. The smallest absolute Gasteiger partial charge is 0.292 e. The van der Waals surface area contributed by atoms with Crippen LogP contribution in [0.5, 0.6) is 5.75 Å². The van der Waals surface area contributed by atoms with Crippen LogP contribution in [-0.2, 0) is 0 Å². The normalized spacial score (nSPS) is 11.0. The fourth-order valence-electron chi connectivity index (χ4n) is 1.95. The molecule has 3 aromatic rings. The van der Waals surface area contributed by atoms with Crippen molar-refractivity contribution in [1.29, 1.82) is 0 Å². The lowest BCUT2D eigenvalue weighted by molar-refractivity contribution is 0.0951. The van der Waals surface area contributed by atoms with Gasteiger partial charge in [-0.1, -0.05) is 30.3 Å². The van der Waals surface area contributed by atoms with Crippen LogP contribution in [-0.4, -0.2) is 27.4 Å². The number of nitrogens with one attached hydrogen (secondary N) is 2. The van der Waals surface area contributed by atoms with Crippen LogP contribution in [0.2, 0.25) is 0 Å². The summed E-state index contributed by atoms with van der Waals surface area (Å²) in [5.74, 6) is -0.320. The molecule has 1 amide bonds. The number of phenolic OH excluding ortho intramolecular Hbond substituents is 1. The van der Waals surface area contributed by atoms with E-state index in [-0.39, 0.29) is 11.4 Å². The van der Waals surface area contributed by atoms with Gasteiger partial charge in [-0.25, -0.2) is 5.43 Å². The SMILES string of the molecule is O=C(N/N=C/c1ccccc1O)c1n[nH]c2ccccc12. The summed E-state index contributed by atoms with van der Waals surface area (Å²) in [4.78, 5) is 12.0. The number of amides is 1. The summed E-state index contributed by atoms with van der Waals surface area (Å²) < 4.78 is 0. The second-order valence-corrected chi connectivity index (χ2v) is 4.38. The van der Waals surface area contributed by atoms with Crippen LogP contribution in [0.3, 0.4) is 0 Å². The van der Waals surface area contributed by atoms with Crippen LogP contribution in [0.25, 0.3) is 10.9 Å². The molecule has 0 aliphatic heterocycles. The highest BCUT2D eigenvalue weighted by Crippen LogP contribution is 2.15. The van der Waals surface area contributed by atoms with Crippen molar-refractivity contribution in [3.63, 3.8) is 0 Å². The van der Waals surface area contributed by atoms with Crippen molar-refractivity contribution in [2.75, 3.05) is 0 Å². The Hall–Kier alpha value is -3.15. The van der Waals surface area contributed by atoms with E-state index < -0.39 is 5.91 Å². The summed E-state index contributed by atoms with van der Waals surface area (Å²) in [5.41, 5.74) is 3.97. The molecule has 1 heterocycles. The lowest BCUT2D eigenvalue weighted by Crippen LogP contribution is -2.18. The Morgan fingerprint density at radius 2 is 1.95 bits per heavy atom. The van der Waals surface area contributed by atoms with Gasteiger partial charge in [-0.3, -0.25) is 9.89 Å². The minimum Gasteiger partial charge on any atom is -0.507 e. The first-order chi connectivity index (χ1) is 10.3. The van der Waals surface area contributed by atoms with Gasteiger partial charge in [0.15, 0.2) is 5.69 Å². The number of aromatic nitrogens is 2. The average Bonchev–Trinajstić information content (AvgIpc) is 2.93. The Labute approximate surface area is 120 Å². The molecule has 6 heteroatoms. The number of nitrogens with zero attached hydrogens (tertiary/aromatic N) is 2. The molecular formula is C15H12N4O2. The van der Waals surface area contributed by atoms with Gasteiger partial charge in [-0.2, -0.15) is 10.2 Å². The maximum atomic E-state index is 12.0. The maximum Gasteiger partial charge on any atom is 0.292 e. The summed E-state index contributed by atoms with van der Waals surface area (Å²) >= 11 is 0. The minimum atomic E-state index is -0.417. The van der Waals surface area contributed by atoms with E-state index in [0.717, 1.165) is 10.9 Å². The molecule has 0 saturated heterocycles. The molecule has 0 atom stereocenters. The predicted molar refractivity (Wildman–Crippen MR) is 79.3 cm³/mol. The molecule has 0 fully saturated rings. The number of phenols is 1. The van der Waals surface area contributed by atoms with Gasteiger partial charge in [0, 0.05) is 10.9 Å². The summed E-state index contributed by atoms with van der Waals surface area (Å²) in [6, 6.07) is 14.0. The molecular weight excluding hydrogens is 268 g/mol. The Bertz CT molecular complexity index is 823. The molecule has 3 N–H and O–H groups in total. The van der Waals surface area contributed by atoms with Gasteiger partial charge >= 0.3 is 0 Å². The number of rotatable bonds is 3. The highest BCUT2D eigenvalue weighted by molar-refractivity contribution is 6.04. The van der Waals surface area contributed by atoms with E-state index in [1.807, 2.05) is 18.2 Å². The number of aromatic hydroxyl groups is 1. The molecule has 0 spiro atoms. The van der Waals surface area contributed by atoms with Gasteiger partial charge in [-0.15, -0.1) is 0 Å². The first kappa shape index (κ1) is 12.9. The van der Waals surface area contributed by atoms with Gasteiger partial charge in [0.25, 0.3) is 5.91 Å². The van der Waals surface area contributed by atoms with Crippen LogP contribution >= 0.6 is 0 Å². The summed E-state index contributed by atoms with van der Waals surface area (Å²) in [6.07, 6.45) is 1.38. The van der Waals surface area contributed by atoms with Crippen LogP contribution in [0.4, 0.5) is 0 Å². The van der Waals surface area contributed by atoms with Gasteiger partial charge in [-0.05, 0) is 18.2 Å². The van der Waals surface area contributed by atoms with Crippen molar-refractivity contribution in [3.8, 4) is 5.75 Å². The lowest BCUT2D eigenvalue weighted by Gasteiger charge is -1.98. The first-order valence-electron chi connectivity index (χ1n) is 6.30. The number of aromatic amines is 1. The zero-order valence-electron chi connectivity index (χ0n) is 10.9. The number of hydrogen-bond donors (Lipinski definition) is 3. The summed E-state index contributed by atoms with van der Waals surface area (Å²) in [5, 5.41) is 20.9. The van der Waals surface area contributed by atoms with E-state index >= 15 is 0 Å². The first-order valence-corrected chi connectivity index (χ1v) is 6.30. The molecule has 21 heavy (non-hydrogen) atoms. The zero-order valence-corrected chi connectivity index (χ0v) is 10.9. The fourth-order valence-corrected chi connectivity index (χ4v) is 1.95. The second-order valence-electron chi connectivity index (χ2n) is 4.38. The Morgan fingerprint density at radius 1 is 1.19 bits per heavy atom. The van der Waals surface area contributed by atoms with Gasteiger partial charge in [0.1, 0.15) is 5.75 Å². The molecule has 6 nitrogen and oxygen atoms in total. The number of carbonyl (C=O) groups excluding carboxylic acids is 1. The van der Waals surface area contributed by atoms with Crippen molar-refractivity contribution >= 4 is 23.0 Å². The topological polar surface area (TPSA) is 90.4 Å². The predicted octanol–water partition coefficient (Wildman–Crippen LogP) is 2.03. The minimum absolute atomic E-state index is 0.0979. The molecule has 0 saturated carbocycles. The number of hydrogen-bond acceptors (Lipinski definition) is 4. The largest absolute Gasteiger partial charge is 0.507 e. The highest BCUT2D eigenvalue weighted by Gasteiger charge is 2.12. The number of benzene rings is 2. The van der Waals surface area contributed by atoms with E-state index in [4.69, 9.17) is 0 Å². The van der Waals surface area contributed by atoms with Gasteiger partial charge in [0.05, 0.1) is 11.7 Å². The molecule has 0 aliphatic carbocycles. The molecule has 0 radical (unpaired) electrons. The molecule has 0 unspecified atom stereocenters. The third-order valence-electron chi connectivity index (χ3n) is 2.99. The molecule has 3 rings (SSSR count). The second kappa shape index (κ2) is 5.46. The standard InChI is InChI=1S/C15H12N4O2/c20-13-8-4-1-5-10(13)9-16-19-15(21)14-11-6-2-3-7-12(11)17-18-14/h1-9,20H,(H,17,18)(H,19,21)/b16-9+. The third kappa shape index (κ3) is 2.59. The fraction of sp³-hybridized carbons (Fsp3) is 0. The number of hydrazone groups is 1. The number of fused-ring (bicyclic) bond motifs is 1. The molecule has 1 aromatic heterocycles. The van der Waals surface area contributed by atoms with Crippen LogP contribution in [0, 0.1) is 0 Å². The van der Waals surface area contributed by atoms with Crippen molar-refractivity contribution in [2.24, 2.45) is 5.10 Å². The van der Waals surface area contributed by atoms with E-state index in [0.29, 0.717) is 5.56 Å². The molecule has 2 aromatic carbocycles. The van der Waals surface area contributed by atoms with Crippen molar-refractivity contribution < 1.29 is 9.90 Å². The Kier molecular flexibility index (Phi) is 3.34. The zero-order chi connectivity index (χ0) is 14.7. The van der Waals surface area contributed by atoms with Crippen molar-refractivity contribution in [2.45, 2.75) is 0 Å². The lowest BCUT2D eigenvalue weighted by atomic mass is 10.2. The molecule has 0 aliphatic rings. The quantitative estimate of drug-likeness (QED) is 0.506. The number of carbonyl (C=O) groups is 1. The average molecular weight is 280 g/mol. The van der Waals surface area contributed by atoms with E-state index in [2.05, 4.69) is 20.7 Å². The van der Waals surface area contributed by atoms with E-state index in [9.17, 15) is 9.90 Å². The highest BCUT2D eigenvalue weighted by atomic mass is 16.3. The number of para-hydroxylation sites is 2. The monoisotopic (exact) mass is 280 g/mol. The van der Waals surface area contributed by atoms with Crippen molar-refractivity contribution in [1.82, 2.24) is 15.6 Å². The molecule has 0 bridgehead atoms. The Morgan fingerprint density at radius 3 is 2.81 bits per heavy atom. The third-order valence-corrected chi connectivity index (χ3v) is 2.99.